The fourth-order valence-electron chi connectivity index (χ4n) is 2.52. The molecule has 1 aliphatic carbocycles. The van der Waals surface area contributed by atoms with Gasteiger partial charge in [-0.2, -0.15) is 0 Å². The lowest BCUT2D eigenvalue weighted by atomic mass is 9.75. The third-order valence-corrected chi connectivity index (χ3v) is 3.74. The van der Waals surface area contributed by atoms with Gasteiger partial charge in [-0.3, -0.25) is 4.79 Å². The van der Waals surface area contributed by atoms with E-state index >= 15 is 0 Å². The summed E-state index contributed by atoms with van der Waals surface area (Å²) >= 11 is 0. The number of nitrogens with one attached hydrogen (secondary N) is 1. The first-order valence-electron chi connectivity index (χ1n) is 6.62. The Bertz CT molecular complexity index is 441. The van der Waals surface area contributed by atoms with E-state index in [1.807, 2.05) is 19.1 Å². The number of carbonyl (C=O) groups is 1. The molecule has 19 heavy (non-hydrogen) atoms. The van der Waals surface area contributed by atoms with Crippen LogP contribution in [0.1, 0.15) is 31.2 Å². The fraction of sp³-hybridized carbons (Fsp3) is 0.533. The minimum Gasteiger partial charge on any atom is -0.497 e. The second-order valence-electron chi connectivity index (χ2n) is 5.05. The van der Waals surface area contributed by atoms with Crippen LogP contribution in [0.25, 0.3) is 0 Å². The largest absolute Gasteiger partial charge is 0.497 e. The molecule has 0 bridgehead atoms. The Morgan fingerprint density at radius 2 is 2.11 bits per heavy atom. The molecule has 0 amide bonds. The normalized spacial score (nSPS) is 23.3. The van der Waals surface area contributed by atoms with Crippen molar-refractivity contribution in [3.8, 4) is 5.75 Å². The van der Waals surface area contributed by atoms with E-state index in [0.717, 1.165) is 18.6 Å². The smallest absolute Gasteiger partial charge is 0.322 e. The molecule has 104 valence electrons. The van der Waals surface area contributed by atoms with Crippen LogP contribution in [0.3, 0.4) is 0 Å². The summed E-state index contributed by atoms with van der Waals surface area (Å²) in [5.41, 5.74) is 1.31. The van der Waals surface area contributed by atoms with Crippen LogP contribution in [-0.2, 0) is 9.53 Å². The number of hydrogen-bond acceptors (Lipinski definition) is 4. The fourth-order valence-corrected chi connectivity index (χ4v) is 2.52. The maximum Gasteiger partial charge on any atom is 0.322 e. The van der Waals surface area contributed by atoms with Crippen molar-refractivity contribution in [1.82, 2.24) is 5.32 Å². The lowest BCUT2D eigenvalue weighted by Crippen LogP contribution is -2.47. The molecule has 4 heteroatoms. The molecule has 0 aliphatic heterocycles. The van der Waals surface area contributed by atoms with Crippen LogP contribution in [-0.4, -0.2) is 32.3 Å². The van der Waals surface area contributed by atoms with Crippen LogP contribution < -0.4 is 10.1 Å². The van der Waals surface area contributed by atoms with Gasteiger partial charge in [-0.05, 0) is 43.4 Å². The Morgan fingerprint density at radius 1 is 1.37 bits per heavy atom. The second-order valence-corrected chi connectivity index (χ2v) is 5.05. The Kier molecular flexibility index (Phi) is 4.43. The van der Waals surface area contributed by atoms with Gasteiger partial charge in [0.25, 0.3) is 0 Å². The molecule has 1 saturated carbocycles. The number of esters is 1. The van der Waals surface area contributed by atoms with Gasteiger partial charge in [0, 0.05) is 6.04 Å². The summed E-state index contributed by atoms with van der Waals surface area (Å²) in [4.78, 5) is 11.3. The first-order chi connectivity index (χ1) is 9.13. The quantitative estimate of drug-likeness (QED) is 0.826. The van der Waals surface area contributed by atoms with E-state index in [1.54, 1.807) is 7.11 Å². The maximum absolute atomic E-state index is 11.3. The highest BCUT2D eigenvalue weighted by Gasteiger charge is 2.32. The third kappa shape index (κ3) is 3.26. The van der Waals surface area contributed by atoms with Crippen molar-refractivity contribution in [2.24, 2.45) is 0 Å². The van der Waals surface area contributed by atoms with Gasteiger partial charge in [0.15, 0.2) is 0 Å². The van der Waals surface area contributed by atoms with Gasteiger partial charge >= 0.3 is 5.97 Å². The average molecular weight is 263 g/mol. The number of ether oxygens (including phenoxy) is 2. The summed E-state index contributed by atoms with van der Waals surface area (Å²) in [6.07, 6.45) is 2.10. The molecule has 2 rings (SSSR count). The van der Waals surface area contributed by atoms with Gasteiger partial charge in [0.1, 0.15) is 11.8 Å². The zero-order chi connectivity index (χ0) is 13.8. The minimum atomic E-state index is -0.235. The highest BCUT2D eigenvalue weighted by Crippen LogP contribution is 2.38. The zero-order valence-electron chi connectivity index (χ0n) is 11.7. The van der Waals surface area contributed by atoms with Crippen LogP contribution in [0.2, 0.25) is 0 Å². The molecule has 4 nitrogen and oxygen atoms in total. The van der Waals surface area contributed by atoms with Crippen molar-refractivity contribution in [1.29, 1.82) is 0 Å². The molecule has 0 saturated heterocycles. The first kappa shape index (κ1) is 13.9. The van der Waals surface area contributed by atoms with E-state index in [-0.39, 0.29) is 12.0 Å². The highest BCUT2D eigenvalue weighted by molar-refractivity contribution is 5.75. The Balaban J connectivity index is 1.84. The van der Waals surface area contributed by atoms with Gasteiger partial charge in [0.2, 0.25) is 0 Å². The van der Waals surface area contributed by atoms with Crippen LogP contribution in [0.15, 0.2) is 24.3 Å². The predicted molar refractivity (Wildman–Crippen MR) is 73.4 cm³/mol. The van der Waals surface area contributed by atoms with E-state index in [2.05, 4.69) is 17.4 Å². The lowest BCUT2D eigenvalue weighted by Gasteiger charge is -2.37. The van der Waals surface area contributed by atoms with Gasteiger partial charge in [-0.1, -0.05) is 12.1 Å². The summed E-state index contributed by atoms with van der Waals surface area (Å²) < 4.78 is 9.94. The summed E-state index contributed by atoms with van der Waals surface area (Å²) in [5, 5.41) is 3.29. The SMILES string of the molecule is COC(=O)C(C)NC1CC(c2cccc(OC)c2)C1. The van der Waals surface area contributed by atoms with Crippen LogP contribution in [0, 0.1) is 0 Å². The van der Waals surface area contributed by atoms with Crippen LogP contribution in [0.5, 0.6) is 5.75 Å². The standard InChI is InChI=1S/C15H21NO3/c1-10(15(17)19-3)16-13-7-12(8-13)11-5-4-6-14(9-11)18-2/h4-6,9-10,12-13,16H,7-8H2,1-3H3. The van der Waals surface area contributed by atoms with Crippen molar-refractivity contribution in [2.75, 3.05) is 14.2 Å². The molecule has 0 radical (unpaired) electrons. The summed E-state index contributed by atoms with van der Waals surface area (Å²) in [5.74, 6) is 1.25. The molecule has 0 aromatic heterocycles. The van der Waals surface area contributed by atoms with Crippen LogP contribution >= 0.6 is 0 Å². The van der Waals surface area contributed by atoms with Gasteiger partial charge < -0.3 is 14.8 Å². The predicted octanol–water partition coefficient (Wildman–Crippen LogP) is 2.09. The minimum absolute atomic E-state index is 0.204. The van der Waals surface area contributed by atoms with E-state index in [4.69, 9.17) is 9.47 Å². The van der Waals surface area contributed by atoms with Crippen molar-refractivity contribution in [3.05, 3.63) is 29.8 Å². The number of rotatable bonds is 5. The zero-order valence-corrected chi connectivity index (χ0v) is 11.7. The molecular formula is C15H21NO3. The summed E-state index contributed by atoms with van der Waals surface area (Å²) in [6, 6.07) is 8.35. The van der Waals surface area contributed by atoms with Crippen molar-refractivity contribution < 1.29 is 14.3 Å². The molecule has 1 unspecified atom stereocenters. The number of carbonyl (C=O) groups excluding carboxylic acids is 1. The van der Waals surface area contributed by atoms with Gasteiger partial charge in [-0.15, -0.1) is 0 Å². The Hall–Kier alpha value is -1.55. The van der Waals surface area contributed by atoms with Gasteiger partial charge in [0.05, 0.1) is 14.2 Å². The molecule has 1 N–H and O–H groups in total. The monoisotopic (exact) mass is 263 g/mol. The second kappa shape index (κ2) is 6.06. The molecule has 1 fully saturated rings. The summed E-state index contributed by atoms with van der Waals surface area (Å²) in [7, 11) is 3.10. The van der Waals surface area contributed by atoms with Crippen molar-refractivity contribution >= 4 is 5.97 Å². The van der Waals surface area contributed by atoms with Gasteiger partial charge in [-0.25, -0.2) is 0 Å². The van der Waals surface area contributed by atoms with E-state index in [0.29, 0.717) is 12.0 Å². The maximum atomic E-state index is 11.3. The molecule has 0 heterocycles. The molecular weight excluding hydrogens is 242 g/mol. The molecule has 1 aromatic carbocycles. The van der Waals surface area contributed by atoms with E-state index in [1.165, 1.54) is 12.7 Å². The van der Waals surface area contributed by atoms with E-state index in [9.17, 15) is 4.79 Å². The van der Waals surface area contributed by atoms with Crippen molar-refractivity contribution in [3.63, 3.8) is 0 Å². The number of methoxy groups -OCH3 is 2. The molecule has 0 spiro atoms. The molecule has 1 atom stereocenters. The average Bonchev–Trinajstić information content (AvgIpc) is 2.41. The lowest BCUT2D eigenvalue weighted by molar-refractivity contribution is -0.143. The molecule has 1 aromatic rings. The summed E-state index contributed by atoms with van der Waals surface area (Å²) in [6.45, 7) is 1.84. The third-order valence-electron chi connectivity index (χ3n) is 3.74. The molecule has 1 aliphatic rings. The first-order valence-corrected chi connectivity index (χ1v) is 6.62. The number of hydrogen-bond donors (Lipinski definition) is 1. The van der Waals surface area contributed by atoms with Crippen LogP contribution in [0.4, 0.5) is 0 Å². The Labute approximate surface area is 114 Å². The highest BCUT2D eigenvalue weighted by atomic mass is 16.5. The Morgan fingerprint density at radius 3 is 2.74 bits per heavy atom. The number of benzene rings is 1. The topological polar surface area (TPSA) is 47.6 Å². The van der Waals surface area contributed by atoms with Crippen molar-refractivity contribution in [2.45, 2.75) is 37.8 Å². The van der Waals surface area contributed by atoms with E-state index < -0.39 is 0 Å².